The van der Waals surface area contributed by atoms with E-state index in [0.717, 1.165) is 27.3 Å². The zero-order chi connectivity index (χ0) is 24.0. The lowest BCUT2D eigenvalue weighted by atomic mass is 9.76. The molecule has 176 valence electrons. The molecule has 5 heteroatoms. The summed E-state index contributed by atoms with van der Waals surface area (Å²) in [4.78, 5) is 13.2. The highest BCUT2D eigenvalue weighted by Crippen LogP contribution is 2.47. The number of phenols is 1. The van der Waals surface area contributed by atoms with Crippen molar-refractivity contribution in [2.45, 2.75) is 23.3 Å². The number of carbonyl (C=O) groups excluding carboxylic acids is 1. The van der Waals surface area contributed by atoms with Crippen LogP contribution in [0.4, 0.5) is 0 Å². The third-order valence-corrected chi connectivity index (χ3v) is 7.20. The van der Waals surface area contributed by atoms with Crippen LogP contribution >= 0.6 is 11.8 Å². The molecule has 4 nitrogen and oxygen atoms in total. The largest absolute Gasteiger partial charge is 0.508 e. The van der Waals surface area contributed by atoms with Crippen molar-refractivity contribution in [1.82, 2.24) is 0 Å². The molecule has 0 spiro atoms. The van der Waals surface area contributed by atoms with E-state index in [2.05, 4.69) is 24.3 Å². The van der Waals surface area contributed by atoms with Gasteiger partial charge in [-0.05, 0) is 47.0 Å². The summed E-state index contributed by atoms with van der Waals surface area (Å²) in [5, 5.41) is 10.2. The molecule has 4 aromatic rings. The summed E-state index contributed by atoms with van der Waals surface area (Å²) in [5.41, 5.74) is 4.30. The maximum atomic E-state index is 12.2. The molecule has 0 amide bonds. The summed E-state index contributed by atoms with van der Waals surface area (Å²) in [6.07, 6.45) is 0. The van der Waals surface area contributed by atoms with Crippen molar-refractivity contribution in [2.75, 3.05) is 12.4 Å². The van der Waals surface area contributed by atoms with Gasteiger partial charge in [0.1, 0.15) is 18.1 Å². The Morgan fingerprint density at radius 1 is 0.886 bits per heavy atom. The second-order valence-corrected chi connectivity index (χ2v) is 9.58. The zero-order valence-electron chi connectivity index (χ0n) is 19.2. The molecule has 1 heterocycles. The van der Waals surface area contributed by atoms with E-state index in [1.54, 1.807) is 12.1 Å². The van der Waals surface area contributed by atoms with Crippen LogP contribution in [0.1, 0.15) is 34.1 Å². The van der Waals surface area contributed by atoms with E-state index in [1.807, 2.05) is 66.7 Å². The monoisotopic (exact) mass is 482 g/mol. The van der Waals surface area contributed by atoms with Gasteiger partial charge in [0, 0.05) is 22.3 Å². The summed E-state index contributed by atoms with van der Waals surface area (Å²) in [5.74, 6) is 1.22. The predicted octanol–water partition coefficient (Wildman–Crippen LogP) is 6.54. The number of aromatic hydroxyl groups is 1. The Hall–Kier alpha value is -3.70. The lowest BCUT2D eigenvalue weighted by molar-refractivity contribution is -0.141. The van der Waals surface area contributed by atoms with Crippen LogP contribution in [0.15, 0.2) is 108 Å². The Morgan fingerprint density at radius 2 is 1.60 bits per heavy atom. The van der Waals surface area contributed by atoms with Crippen molar-refractivity contribution in [3.05, 3.63) is 125 Å². The molecule has 0 bridgehead atoms. The number of rotatable bonds is 7. The summed E-state index contributed by atoms with van der Waals surface area (Å²) in [7, 11) is 0. The first-order valence-electron chi connectivity index (χ1n) is 11.6. The van der Waals surface area contributed by atoms with Crippen LogP contribution in [-0.4, -0.2) is 23.4 Å². The van der Waals surface area contributed by atoms with Gasteiger partial charge >= 0.3 is 5.97 Å². The molecule has 0 unspecified atom stereocenters. The van der Waals surface area contributed by atoms with Gasteiger partial charge in [0.25, 0.3) is 0 Å². The Morgan fingerprint density at radius 3 is 2.34 bits per heavy atom. The number of hydrogen-bond donors (Lipinski definition) is 1. The third kappa shape index (κ3) is 5.52. The molecule has 1 N–H and O–H groups in total. The molecule has 0 aliphatic carbocycles. The van der Waals surface area contributed by atoms with Crippen molar-refractivity contribution in [1.29, 1.82) is 0 Å². The SMILES string of the molecule is O=C(CSc1ccc([C@H]2c3cc(O)ccc3OC[C@H]2c2ccccc2)cc1)OCc1ccccc1. The highest BCUT2D eigenvalue weighted by molar-refractivity contribution is 8.00. The molecule has 0 fully saturated rings. The molecule has 35 heavy (non-hydrogen) atoms. The first-order chi connectivity index (χ1) is 17.2. The van der Waals surface area contributed by atoms with E-state index < -0.39 is 0 Å². The van der Waals surface area contributed by atoms with Crippen molar-refractivity contribution in [3.63, 3.8) is 0 Å². The van der Waals surface area contributed by atoms with Gasteiger partial charge in [0.2, 0.25) is 0 Å². The van der Waals surface area contributed by atoms with Gasteiger partial charge in [-0.2, -0.15) is 0 Å². The van der Waals surface area contributed by atoms with Crippen LogP contribution in [-0.2, 0) is 16.1 Å². The number of fused-ring (bicyclic) bond motifs is 1. The highest BCUT2D eigenvalue weighted by atomic mass is 32.2. The van der Waals surface area contributed by atoms with Crippen molar-refractivity contribution in [3.8, 4) is 11.5 Å². The van der Waals surface area contributed by atoms with Crippen LogP contribution in [0.5, 0.6) is 11.5 Å². The number of benzene rings is 4. The summed E-state index contributed by atoms with van der Waals surface area (Å²) in [6, 6.07) is 33.6. The number of phenolic OH excluding ortho intramolecular Hbond substituents is 1. The van der Waals surface area contributed by atoms with E-state index >= 15 is 0 Å². The Balaban J connectivity index is 1.31. The third-order valence-electron chi connectivity index (χ3n) is 6.22. The molecule has 5 rings (SSSR count). The molecular weight excluding hydrogens is 456 g/mol. The van der Waals surface area contributed by atoms with Crippen LogP contribution in [0, 0.1) is 0 Å². The maximum absolute atomic E-state index is 12.2. The van der Waals surface area contributed by atoms with Gasteiger partial charge in [-0.3, -0.25) is 4.79 Å². The molecule has 2 atom stereocenters. The first-order valence-corrected chi connectivity index (χ1v) is 12.6. The zero-order valence-corrected chi connectivity index (χ0v) is 20.0. The smallest absolute Gasteiger partial charge is 0.316 e. The fraction of sp³-hybridized carbons (Fsp3) is 0.167. The Labute approximate surface area is 209 Å². The summed E-state index contributed by atoms with van der Waals surface area (Å²) < 4.78 is 11.5. The standard InChI is InChI=1S/C30H26O4S/c31-24-13-16-28-26(17-24)30(27(19-33-28)22-9-5-2-6-10-22)23-11-14-25(15-12-23)35-20-29(32)34-18-21-7-3-1-4-8-21/h1-17,27,30-31H,18-20H2/t27-,30-/m0/s1. The number of carbonyl (C=O) groups is 1. The lowest BCUT2D eigenvalue weighted by Gasteiger charge is -2.34. The molecular formula is C30H26O4S. The molecule has 1 aliphatic heterocycles. The van der Waals surface area contributed by atoms with Gasteiger partial charge in [-0.15, -0.1) is 11.8 Å². The van der Waals surface area contributed by atoms with Gasteiger partial charge < -0.3 is 14.6 Å². The normalized spacial score (nSPS) is 16.7. The maximum Gasteiger partial charge on any atom is 0.316 e. The van der Waals surface area contributed by atoms with E-state index in [4.69, 9.17) is 9.47 Å². The van der Waals surface area contributed by atoms with Crippen LogP contribution in [0.2, 0.25) is 0 Å². The minimum absolute atomic E-state index is 0.0446. The van der Waals surface area contributed by atoms with Gasteiger partial charge in [0.05, 0.1) is 12.4 Å². The molecule has 0 saturated carbocycles. The lowest BCUT2D eigenvalue weighted by Crippen LogP contribution is -2.25. The second-order valence-electron chi connectivity index (χ2n) is 8.53. The van der Waals surface area contributed by atoms with E-state index in [1.165, 1.54) is 17.3 Å². The Bertz CT molecular complexity index is 1270. The average molecular weight is 483 g/mol. The van der Waals surface area contributed by atoms with E-state index in [9.17, 15) is 9.90 Å². The highest BCUT2D eigenvalue weighted by Gasteiger charge is 2.33. The Kier molecular flexibility index (Phi) is 7.05. The van der Waals surface area contributed by atoms with E-state index in [-0.39, 0.29) is 35.9 Å². The minimum Gasteiger partial charge on any atom is -0.508 e. The quantitative estimate of drug-likeness (QED) is 0.240. The molecule has 0 radical (unpaired) electrons. The molecule has 4 aromatic carbocycles. The van der Waals surface area contributed by atoms with Gasteiger partial charge in [0.15, 0.2) is 0 Å². The number of hydrogen-bond acceptors (Lipinski definition) is 5. The van der Waals surface area contributed by atoms with Crippen LogP contribution < -0.4 is 4.74 Å². The summed E-state index contributed by atoms with van der Waals surface area (Å²) >= 11 is 1.47. The summed E-state index contributed by atoms with van der Waals surface area (Å²) in [6.45, 7) is 0.853. The minimum atomic E-state index is -0.235. The fourth-order valence-electron chi connectivity index (χ4n) is 4.50. The van der Waals surface area contributed by atoms with Crippen molar-refractivity contribution in [2.24, 2.45) is 0 Å². The fourth-order valence-corrected chi connectivity index (χ4v) is 5.19. The number of ether oxygens (including phenoxy) is 2. The second kappa shape index (κ2) is 10.7. The van der Waals surface area contributed by atoms with Crippen molar-refractivity contribution >= 4 is 17.7 Å². The molecule has 0 saturated heterocycles. The predicted molar refractivity (Wildman–Crippen MR) is 138 cm³/mol. The average Bonchev–Trinajstić information content (AvgIpc) is 2.91. The van der Waals surface area contributed by atoms with Crippen LogP contribution in [0.25, 0.3) is 0 Å². The van der Waals surface area contributed by atoms with E-state index in [0.29, 0.717) is 6.61 Å². The van der Waals surface area contributed by atoms with Gasteiger partial charge in [-0.1, -0.05) is 72.8 Å². The number of esters is 1. The van der Waals surface area contributed by atoms with Crippen molar-refractivity contribution < 1.29 is 19.4 Å². The first kappa shape index (κ1) is 23.1. The molecule has 0 aromatic heterocycles. The van der Waals surface area contributed by atoms with Crippen LogP contribution in [0.3, 0.4) is 0 Å². The van der Waals surface area contributed by atoms with Gasteiger partial charge in [-0.25, -0.2) is 0 Å². The molecule has 1 aliphatic rings. The number of thioether (sulfide) groups is 1. The topological polar surface area (TPSA) is 55.8 Å².